The molecule has 0 saturated carbocycles. The second kappa shape index (κ2) is 5.68. The van der Waals surface area contributed by atoms with E-state index in [-0.39, 0.29) is 17.9 Å². The molecule has 1 aliphatic rings. The van der Waals surface area contributed by atoms with E-state index in [1.807, 2.05) is 0 Å². The number of rotatable bonds is 3. The van der Waals surface area contributed by atoms with Crippen LogP contribution in [0.15, 0.2) is 24.3 Å². The summed E-state index contributed by atoms with van der Waals surface area (Å²) in [5.74, 6) is 0.769. The van der Waals surface area contributed by atoms with Gasteiger partial charge in [0, 0.05) is 13.0 Å². The first-order valence-corrected chi connectivity index (χ1v) is 7.03. The fourth-order valence-electron chi connectivity index (χ4n) is 2.46. The van der Waals surface area contributed by atoms with Gasteiger partial charge in [-0.1, -0.05) is 12.1 Å². The highest BCUT2D eigenvalue weighted by Crippen LogP contribution is 2.33. The van der Waals surface area contributed by atoms with Crippen molar-refractivity contribution in [3.8, 4) is 0 Å². The van der Waals surface area contributed by atoms with Crippen LogP contribution in [0.1, 0.15) is 30.5 Å². The molecular formula is C14H16F3NOS. The molecule has 1 fully saturated rings. The minimum atomic E-state index is -4.36. The van der Waals surface area contributed by atoms with E-state index in [0.29, 0.717) is 24.3 Å². The number of alkyl halides is 3. The second-order valence-corrected chi connectivity index (χ2v) is 5.46. The van der Waals surface area contributed by atoms with Gasteiger partial charge in [-0.25, -0.2) is 0 Å². The maximum absolute atomic E-state index is 12.7. The largest absolute Gasteiger partial charge is 0.416 e. The van der Waals surface area contributed by atoms with E-state index >= 15 is 0 Å². The number of carbonyl (C=O) groups is 1. The van der Waals surface area contributed by atoms with Gasteiger partial charge in [0.15, 0.2) is 0 Å². The Morgan fingerprint density at radius 3 is 2.70 bits per heavy atom. The molecule has 0 aromatic heterocycles. The van der Waals surface area contributed by atoms with Crippen LogP contribution in [0.5, 0.6) is 0 Å². The van der Waals surface area contributed by atoms with Gasteiger partial charge >= 0.3 is 6.18 Å². The molecule has 0 spiro atoms. The van der Waals surface area contributed by atoms with Crippen molar-refractivity contribution in [2.24, 2.45) is 5.92 Å². The third kappa shape index (κ3) is 3.11. The Labute approximate surface area is 121 Å². The summed E-state index contributed by atoms with van der Waals surface area (Å²) >= 11 is 4.18. The first-order chi connectivity index (χ1) is 9.32. The standard InChI is InChI=1S/C14H16F3NOS/c1-9(18-7-10(8-20)5-13(18)19)11-3-2-4-12(6-11)14(15,16)17/h2-4,6,9-10,20H,5,7-8H2,1H3. The van der Waals surface area contributed by atoms with Crippen molar-refractivity contribution in [1.29, 1.82) is 0 Å². The first kappa shape index (κ1) is 15.2. The highest BCUT2D eigenvalue weighted by atomic mass is 32.1. The fraction of sp³-hybridized carbons (Fsp3) is 0.500. The number of hydrogen-bond acceptors (Lipinski definition) is 2. The van der Waals surface area contributed by atoms with Gasteiger partial charge in [-0.15, -0.1) is 0 Å². The van der Waals surface area contributed by atoms with Crippen LogP contribution in [0.2, 0.25) is 0 Å². The van der Waals surface area contributed by atoms with Crippen LogP contribution < -0.4 is 0 Å². The molecule has 1 aromatic rings. The van der Waals surface area contributed by atoms with Gasteiger partial charge in [0.2, 0.25) is 5.91 Å². The maximum Gasteiger partial charge on any atom is 0.416 e. The van der Waals surface area contributed by atoms with Gasteiger partial charge in [0.05, 0.1) is 11.6 Å². The van der Waals surface area contributed by atoms with Gasteiger partial charge in [0.25, 0.3) is 0 Å². The van der Waals surface area contributed by atoms with E-state index in [4.69, 9.17) is 0 Å². The molecule has 1 aliphatic heterocycles. The molecule has 0 bridgehead atoms. The Hall–Kier alpha value is -1.17. The number of carbonyl (C=O) groups excluding carboxylic acids is 1. The monoisotopic (exact) mass is 303 g/mol. The minimum Gasteiger partial charge on any atom is -0.336 e. The lowest BCUT2D eigenvalue weighted by Crippen LogP contribution is -2.28. The molecule has 1 aromatic carbocycles. The smallest absolute Gasteiger partial charge is 0.336 e. The van der Waals surface area contributed by atoms with Crippen LogP contribution in [0.25, 0.3) is 0 Å². The van der Waals surface area contributed by atoms with Gasteiger partial charge in [-0.05, 0) is 36.3 Å². The van der Waals surface area contributed by atoms with E-state index in [0.717, 1.165) is 12.1 Å². The molecule has 6 heteroatoms. The third-order valence-corrected chi connectivity index (χ3v) is 4.18. The molecule has 0 N–H and O–H groups in total. The lowest BCUT2D eigenvalue weighted by Gasteiger charge is -2.25. The third-order valence-electron chi connectivity index (χ3n) is 3.66. The normalized spacial score (nSPS) is 21.4. The number of hydrogen-bond donors (Lipinski definition) is 1. The summed E-state index contributed by atoms with van der Waals surface area (Å²) in [7, 11) is 0. The maximum atomic E-state index is 12.7. The molecule has 2 rings (SSSR count). The van der Waals surface area contributed by atoms with Crippen molar-refractivity contribution in [3.63, 3.8) is 0 Å². The molecule has 0 radical (unpaired) electrons. The van der Waals surface area contributed by atoms with E-state index < -0.39 is 11.7 Å². The summed E-state index contributed by atoms with van der Waals surface area (Å²) in [5, 5.41) is 0. The molecule has 2 atom stereocenters. The molecular weight excluding hydrogens is 287 g/mol. The quantitative estimate of drug-likeness (QED) is 0.847. The number of likely N-dealkylation sites (tertiary alicyclic amines) is 1. The summed E-state index contributed by atoms with van der Waals surface area (Å²) in [6.07, 6.45) is -3.94. The zero-order valence-electron chi connectivity index (χ0n) is 11.0. The zero-order valence-corrected chi connectivity index (χ0v) is 11.9. The first-order valence-electron chi connectivity index (χ1n) is 6.40. The molecule has 2 unspecified atom stereocenters. The Bertz CT molecular complexity index is 503. The molecule has 2 nitrogen and oxygen atoms in total. The number of halogens is 3. The predicted octanol–water partition coefficient (Wildman–Crippen LogP) is 3.54. The van der Waals surface area contributed by atoms with Gasteiger partial charge in [-0.3, -0.25) is 4.79 Å². The predicted molar refractivity (Wildman–Crippen MR) is 73.5 cm³/mol. The second-order valence-electron chi connectivity index (χ2n) is 5.10. The summed E-state index contributed by atoms with van der Waals surface area (Å²) in [4.78, 5) is 13.5. The minimum absolute atomic E-state index is 0.0195. The fourth-order valence-corrected chi connectivity index (χ4v) is 2.70. The lowest BCUT2D eigenvalue weighted by atomic mass is 10.0. The highest BCUT2D eigenvalue weighted by Gasteiger charge is 2.34. The lowest BCUT2D eigenvalue weighted by molar-refractivity contribution is -0.137. The van der Waals surface area contributed by atoms with E-state index in [1.54, 1.807) is 17.9 Å². The Kier molecular flexibility index (Phi) is 4.32. The van der Waals surface area contributed by atoms with Crippen LogP contribution in [0, 0.1) is 5.92 Å². The SMILES string of the molecule is CC(c1cccc(C(F)(F)F)c1)N1CC(CS)CC1=O. The Balaban J connectivity index is 2.21. The van der Waals surface area contributed by atoms with Crippen molar-refractivity contribution >= 4 is 18.5 Å². The molecule has 0 aliphatic carbocycles. The van der Waals surface area contributed by atoms with E-state index in [1.165, 1.54) is 6.07 Å². The Morgan fingerprint density at radius 1 is 1.45 bits per heavy atom. The van der Waals surface area contributed by atoms with E-state index in [2.05, 4.69) is 12.6 Å². The zero-order chi connectivity index (χ0) is 14.9. The number of benzene rings is 1. The van der Waals surface area contributed by atoms with Crippen LogP contribution in [0.3, 0.4) is 0 Å². The molecule has 20 heavy (non-hydrogen) atoms. The van der Waals surface area contributed by atoms with Crippen molar-refractivity contribution in [1.82, 2.24) is 4.90 Å². The van der Waals surface area contributed by atoms with Crippen LogP contribution in [0.4, 0.5) is 13.2 Å². The molecule has 1 amide bonds. The molecule has 1 saturated heterocycles. The van der Waals surface area contributed by atoms with Crippen LogP contribution in [-0.4, -0.2) is 23.1 Å². The van der Waals surface area contributed by atoms with E-state index in [9.17, 15) is 18.0 Å². The van der Waals surface area contributed by atoms with Crippen molar-refractivity contribution in [3.05, 3.63) is 35.4 Å². The highest BCUT2D eigenvalue weighted by molar-refractivity contribution is 7.80. The van der Waals surface area contributed by atoms with Crippen LogP contribution >= 0.6 is 12.6 Å². The van der Waals surface area contributed by atoms with Crippen molar-refractivity contribution in [2.45, 2.75) is 25.6 Å². The average Bonchev–Trinajstić information content (AvgIpc) is 2.78. The number of nitrogens with zero attached hydrogens (tertiary/aromatic N) is 1. The Morgan fingerprint density at radius 2 is 2.15 bits per heavy atom. The topological polar surface area (TPSA) is 20.3 Å². The average molecular weight is 303 g/mol. The van der Waals surface area contributed by atoms with Crippen LogP contribution in [-0.2, 0) is 11.0 Å². The van der Waals surface area contributed by atoms with Crippen molar-refractivity contribution in [2.75, 3.05) is 12.3 Å². The summed E-state index contributed by atoms with van der Waals surface area (Å²) in [6, 6.07) is 4.81. The summed E-state index contributed by atoms with van der Waals surface area (Å²) in [5.41, 5.74) is -0.174. The van der Waals surface area contributed by atoms with Gasteiger partial charge in [0.1, 0.15) is 0 Å². The molecule has 110 valence electrons. The summed E-state index contributed by atoms with van der Waals surface area (Å²) in [6.45, 7) is 2.31. The number of thiol groups is 1. The summed E-state index contributed by atoms with van der Waals surface area (Å²) < 4.78 is 38.1. The molecule has 1 heterocycles. The van der Waals surface area contributed by atoms with Gasteiger partial charge in [-0.2, -0.15) is 25.8 Å². The van der Waals surface area contributed by atoms with Crippen molar-refractivity contribution < 1.29 is 18.0 Å². The van der Waals surface area contributed by atoms with Gasteiger partial charge < -0.3 is 4.90 Å². The number of amides is 1.